The van der Waals surface area contributed by atoms with Crippen molar-refractivity contribution in [3.63, 3.8) is 0 Å². The summed E-state index contributed by atoms with van der Waals surface area (Å²) in [6.07, 6.45) is -8.20. The molecule has 12 heteroatoms. The van der Waals surface area contributed by atoms with Gasteiger partial charge in [0.25, 0.3) is 0 Å². The third-order valence-electron chi connectivity index (χ3n) is 5.67. The molecular weight excluding hydrogens is 468 g/mol. The maximum absolute atomic E-state index is 13.6. The van der Waals surface area contributed by atoms with Gasteiger partial charge in [0.1, 0.15) is 41.1 Å². The van der Waals surface area contributed by atoms with Gasteiger partial charge in [0.15, 0.2) is 17.3 Å². The van der Waals surface area contributed by atoms with Crippen LogP contribution in [-0.4, -0.2) is 82.2 Å². The monoisotopic (exact) mass is 492 g/mol. The quantitative estimate of drug-likeness (QED) is 0.272. The summed E-state index contributed by atoms with van der Waals surface area (Å²) in [6, 6.07) is 6.86. The molecule has 1 fully saturated rings. The lowest BCUT2D eigenvalue weighted by Gasteiger charge is -2.39. The fraction of sp³-hybridized carbons (Fsp3) is 0.348. The lowest BCUT2D eigenvalue weighted by Crippen LogP contribution is -2.60. The Labute approximate surface area is 197 Å². The highest BCUT2D eigenvalue weighted by atomic mass is 16.7. The fourth-order valence-corrected chi connectivity index (χ4v) is 3.82. The van der Waals surface area contributed by atoms with Crippen molar-refractivity contribution in [3.05, 3.63) is 40.6 Å². The van der Waals surface area contributed by atoms with Gasteiger partial charge in [0.05, 0.1) is 20.8 Å². The molecular formula is C23H24O12. The number of phenolic OH excluding ortho intramolecular Hbond substituents is 2. The van der Waals surface area contributed by atoms with Gasteiger partial charge in [-0.2, -0.15) is 0 Å². The molecule has 0 spiro atoms. The van der Waals surface area contributed by atoms with Crippen LogP contribution in [0.4, 0.5) is 0 Å². The minimum absolute atomic E-state index is 0.0580. The molecule has 2 unspecified atom stereocenters. The first-order valence-corrected chi connectivity index (χ1v) is 10.4. The molecule has 1 aliphatic heterocycles. The van der Waals surface area contributed by atoms with Crippen LogP contribution in [0.5, 0.6) is 28.7 Å². The molecule has 1 saturated heterocycles. The number of ether oxygens (including phenoxy) is 4. The van der Waals surface area contributed by atoms with Crippen LogP contribution in [0.25, 0.3) is 22.3 Å². The zero-order chi connectivity index (χ0) is 25.4. The van der Waals surface area contributed by atoms with Crippen LogP contribution in [0.1, 0.15) is 0 Å². The van der Waals surface area contributed by atoms with Crippen LogP contribution in [0.2, 0.25) is 0 Å². The van der Waals surface area contributed by atoms with Gasteiger partial charge in [-0.15, -0.1) is 0 Å². The number of aliphatic hydroxyl groups is 4. The number of benzene rings is 2. The largest absolute Gasteiger partial charge is 0.508 e. The second kappa shape index (κ2) is 9.60. The molecule has 2 heterocycles. The van der Waals surface area contributed by atoms with Gasteiger partial charge in [-0.3, -0.25) is 4.79 Å². The van der Waals surface area contributed by atoms with Crippen molar-refractivity contribution in [3.8, 4) is 40.1 Å². The van der Waals surface area contributed by atoms with Crippen LogP contribution in [0.15, 0.2) is 39.5 Å². The Balaban J connectivity index is 1.94. The highest BCUT2D eigenvalue weighted by Crippen LogP contribution is 2.44. The number of aliphatic hydroxyl groups excluding tert-OH is 4. The van der Waals surface area contributed by atoms with Gasteiger partial charge >= 0.3 is 0 Å². The SMILES string of the molecule is COc1cc2oc(-c3ccc(O)cc3)c(O[C@H]3O[C@H](CO)[C@H](O)C(O)C3O)c(=O)c2c(O)c1OC. The Kier molecular flexibility index (Phi) is 6.74. The third kappa shape index (κ3) is 4.22. The van der Waals surface area contributed by atoms with E-state index in [1.165, 1.54) is 44.6 Å². The van der Waals surface area contributed by atoms with Crippen LogP contribution >= 0.6 is 0 Å². The smallest absolute Gasteiger partial charge is 0.239 e. The second-order valence-electron chi connectivity index (χ2n) is 7.79. The van der Waals surface area contributed by atoms with E-state index in [2.05, 4.69) is 0 Å². The summed E-state index contributed by atoms with van der Waals surface area (Å²) in [5, 5.41) is 60.0. The summed E-state index contributed by atoms with van der Waals surface area (Å²) >= 11 is 0. The van der Waals surface area contributed by atoms with Gasteiger partial charge in [-0.25, -0.2) is 0 Å². The normalized spacial score (nSPS) is 24.3. The number of methoxy groups -OCH3 is 2. The van der Waals surface area contributed by atoms with Crippen LogP contribution in [0, 0.1) is 0 Å². The molecule has 1 aliphatic rings. The zero-order valence-electron chi connectivity index (χ0n) is 18.6. The van der Waals surface area contributed by atoms with Gasteiger partial charge in [0, 0.05) is 11.6 Å². The molecule has 3 aromatic rings. The molecule has 2 aromatic carbocycles. The summed E-state index contributed by atoms with van der Waals surface area (Å²) in [5.74, 6) is -1.38. The molecule has 5 atom stereocenters. The first-order chi connectivity index (χ1) is 16.7. The first-order valence-electron chi connectivity index (χ1n) is 10.4. The molecule has 6 N–H and O–H groups in total. The average molecular weight is 492 g/mol. The van der Waals surface area contributed by atoms with Crippen LogP contribution in [-0.2, 0) is 4.74 Å². The van der Waals surface area contributed by atoms with E-state index in [0.29, 0.717) is 0 Å². The number of hydrogen-bond acceptors (Lipinski definition) is 12. The number of rotatable bonds is 6. The Morgan fingerprint density at radius 2 is 1.63 bits per heavy atom. The minimum Gasteiger partial charge on any atom is -0.508 e. The van der Waals surface area contributed by atoms with Crippen LogP contribution in [0.3, 0.4) is 0 Å². The number of aromatic hydroxyl groups is 2. The molecule has 35 heavy (non-hydrogen) atoms. The Bertz CT molecular complexity index is 1270. The van der Waals surface area contributed by atoms with Gasteiger partial charge in [-0.1, -0.05) is 0 Å². The topological polar surface area (TPSA) is 189 Å². The Hall–Kier alpha value is -3.55. The molecule has 0 aliphatic carbocycles. The number of phenols is 2. The zero-order valence-corrected chi connectivity index (χ0v) is 18.6. The highest BCUT2D eigenvalue weighted by Gasteiger charge is 2.45. The lowest BCUT2D eigenvalue weighted by molar-refractivity contribution is -0.277. The molecule has 0 bridgehead atoms. The van der Waals surface area contributed by atoms with Crippen molar-refractivity contribution in [2.75, 3.05) is 20.8 Å². The maximum atomic E-state index is 13.6. The summed E-state index contributed by atoms with van der Waals surface area (Å²) in [4.78, 5) is 13.6. The Morgan fingerprint density at radius 3 is 2.23 bits per heavy atom. The van der Waals surface area contributed by atoms with E-state index in [4.69, 9.17) is 23.4 Å². The predicted molar refractivity (Wildman–Crippen MR) is 119 cm³/mol. The van der Waals surface area contributed by atoms with Crippen molar-refractivity contribution < 1.29 is 54.0 Å². The second-order valence-corrected chi connectivity index (χ2v) is 7.79. The Morgan fingerprint density at radius 1 is 0.943 bits per heavy atom. The molecule has 188 valence electrons. The standard InChI is InChI=1S/C23H24O12/c1-31-12-7-11-14(16(27)21(12)32-2)17(28)22(20(33-11)9-3-5-10(25)6-4-9)35-23-19(30)18(29)15(26)13(8-24)34-23/h3-7,13,15,18-19,23-27,29-30H,8H2,1-2H3/t13-,15+,18?,19?,23-/m1/s1. The van der Waals surface area contributed by atoms with Crippen LogP contribution < -0.4 is 19.6 Å². The van der Waals surface area contributed by atoms with Crippen molar-refractivity contribution in [1.82, 2.24) is 0 Å². The molecule has 12 nitrogen and oxygen atoms in total. The predicted octanol–water partition coefficient (Wildman–Crippen LogP) is 0.0671. The summed E-state index contributed by atoms with van der Waals surface area (Å²) in [5.41, 5.74) is -0.699. The summed E-state index contributed by atoms with van der Waals surface area (Å²) < 4.78 is 27.3. The van der Waals surface area contributed by atoms with Gasteiger partial charge < -0.3 is 54.0 Å². The van der Waals surface area contributed by atoms with E-state index in [1.54, 1.807) is 0 Å². The summed E-state index contributed by atoms with van der Waals surface area (Å²) in [6.45, 7) is -0.709. The lowest BCUT2D eigenvalue weighted by atomic mass is 9.99. The van der Waals surface area contributed by atoms with Crippen molar-refractivity contribution >= 4 is 11.0 Å². The molecule has 1 aromatic heterocycles. The van der Waals surface area contributed by atoms with Crippen molar-refractivity contribution in [1.29, 1.82) is 0 Å². The molecule has 0 amide bonds. The minimum atomic E-state index is -1.81. The highest BCUT2D eigenvalue weighted by molar-refractivity contribution is 5.91. The fourth-order valence-electron chi connectivity index (χ4n) is 3.82. The first kappa shape index (κ1) is 24.6. The average Bonchev–Trinajstić information content (AvgIpc) is 2.85. The summed E-state index contributed by atoms with van der Waals surface area (Å²) in [7, 11) is 2.60. The van der Waals surface area contributed by atoms with Gasteiger partial charge in [-0.05, 0) is 24.3 Å². The van der Waals surface area contributed by atoms with Gasteiger partial charge in [0.2, 0.25) is 23.2 Å². The van der Waals surface area contributed by atoms with E-state index in [1.807, 2.05) is 0 Å². The molecule has 0 radical (unpaired) electrons. The van der Waals surface area contributed by atoms with E-state index in [0.717, 1.165) is 0 Å². The van der Waals surface area contributed by atoms with Crippen molar-refractivity contribution in [2.45, 2.75) is 30.7 Å². The van der Waals surface area contributed by atoms with Crippen molar-refractivity contribution in [2.24, 2.45) is 0 Å². The van der Waals surface area contributed by atoms with E-state index >= 15 is 0 Å². The maximum Gasteiger partial charge on any atom is 0.239 e. The van der Waals surface area contributed by atoms with E-state index < -0.39 is 54.2 Å². The molecule has 0 saturated carbocycles. The number of hydrogen-bond donors (Lipinski definition) is 6. The molecule has 4 rings (SSSR count). The third-order valence-corrected chi connectivity index (χ3v) is 5.67. The number of fused-ring (bicyclic) bond motifs is 1. The van der Waals surface area contributed by atoms with E-state index in [9.17, 15) is 35.4 Å². The van der Waals surface area contributed by atoms with E-state index in [-0.39, 0.29) is 39.5 Å².